The maximum atomic E-state index is 13.1. The van der Waals surface area contributed by atoms with Crippen molar-refractivity contribution in [3.8, 4) is 0 Å². The summed E-state index contributed by atoms with van der Waals surface area (Å²) in [6.45, 7) is 2.09. The zero-order valence-corrected chi connectivity index (χ0v) is 11.2. The van der Waals surface area contributed by atoms with Crippen LogP contribution in [0.4, 0.5) is 15.8 Å². The fourth-order valence-electron chi connectivity index (χ4n) is 1.45. The maximum absolute atomic E-state index is 13.1. The molecule has 5 heteroatoms. The van der Waals surface area contributed by atoms with Gasteiger partial charge in [-0.05, 0) is 19.2 Å². The molecule has 0 heterocycles. The van der Waals surface area contributed by atoms with Gasteiger partial charge in [-0.1, -0.05) is 11.6 Å². The van der Waals surface area contributed by atoms with E-state index in [1.807, 2.05) is 18.2 Å². The molecule has 0 amide bonds. The first-order chi connectivity index (χ1) is 7.47. The minimum atomic E-state index is -0.478. The van der Waals surface area contributed by atoms with Gasteiger partial charge in [-0.2, -0.15) is 11.8 Å². The molecule has 2 N–H and O–H groups in total. The molecule has 1 aromatic carbocycles. The number of nitrogens with two attached hydrogens (primary N) is 1. The molecule has 0 saturated heterocycles. The smallest absolute Gasteiger partial charge is 0.143 e. The van der Waals surface area contributed by atoms with Crippen LogP contribution in [0.2, 0.25) is 5.02 Å². The van der Waals surface area contributed by atoms with Crippen molar-refractivity contribution < 1.29 is 4.39 Å². The Kier molecular flexibility index (Phi) is 4.74. The van der Waals surface area contributed by atoms with Crippen molar-refractivity contribution >= 4 is 34.7 Å². The number of nitrogen functional groups attached to an aromatic ring is 1. The number of benzene rings is 1. The number of nitrogens with zero attached hydrogens (tertiary/aromatic N) is 1. The minimum Gasteiger partial charge on any atom is -0.397 e. The van der Waals surface area contributed by atoms with Crippen molar-refractivity contribution in [3.05, 3.63) is 23.0 Å². The average molecular weight is 263 g/mol. The fraction of sp³-hybridized carbons (Fsp3) is 0.455. The standard InChI is InChI=1S/C11H16ClFN2S/c1-7(6-16-3)15(2)11-4-8(12)9(13)5-10(11)14/h4-5,7H,6,14H2,1-3H3. The molecule has 0 aromatic heterocycles. The molecule has 0 spiro atoms. The highest BCUT2D eigenvalue weighted by atomic mass is 35.5. The summed E-state index contributed by atoms with van der Waals surface area (Å²) in [6, 6.07) is 3.15. The number of thioether (sulfide) groups is 1. The molecule has 1 unspecified atom stereocenters. The highest BCUT2D eigenvalue weighted by Gasteiger charge is 2.14. The summed E-state index contributed by atoms with van der Waals surface area (Å²) < 4.78 is 13.1. The number of halogens is 2. The first-order valence-corrected chi connectivity index (χ1v) is 6.70. The van der Waals surface area contributed by atoms with E-state index in [4.69, 9.17) is 17.3 Å². The Morgan fingerprint density at radius 1 is 1.56 bits per heavy atom. The number of hydrogen-bond donors (Lipinski definition) is 1. The van der Waals surface area contributed by atoms with Gasteiger partial charge >= 0.3 is 0 Å². The van der Waals surface area contributed by atoms with Crippen LogP contribution in [0.15, 0.2) is 12.1 Å². The van der Waals surface area contributed by atoms with Crippen molar-refractivity contribution in [3.63, 3.8) is 0 Å². The van der Waals surface area contributed by atoms with Crippen LogP contribution in [-0.4, -0.2) is 25.1 Å². The van der Waals surface area contributed by atoms with Gasteiger partial charge in [0.05, 0.1) is 16.4 Å². The molecule has 0 saturated carbocycles. The Hall–Kier alpha value is -0.610. The van der Waals surface area contributed by atoms with Crippen LogP contribution >= 0.6 is 23.4 Å². The number of hydrogen-bond acceptors (Lipinski definition) is 3. The van der Waals surface area contributed by atoms with Crippen molar-refractivity contribution in [2.24, 2.45) is 0 Å². The third kappa shape index (κ3) is 2.95. The van der Waals surface area contributed by atoms with E-state index in [9.17, 15) is 4.39 Å². The summed E-state index contributed by atoms with van der Waals surface area (Å²) in [7, 11) is 1.93. The van der Waals surface area contributed by atoms with Crippen LogP contribution in [0.3, 0.4) is 0 Å². The van der Waals surface area contributed by atoms with Crippen LogP contribution < -0.4 is 10.6 Å². The van der Waals surface area contributed by atoms with Crippen LogP contribution in [0.1, 0.15) is 6.92 Å². The minimum absolute atomic E-state index is 0.104. The Bertz CT molecular complexity index is 373. The molecule has 90 valence electrons. The molecule has 0 aliphatic rings. The maximum Gasteiger partial charge on any atom is 0.143 e. The zero-order chi connectivity index (χ0) is 12.3. The Morgan fingerprint density at radius 3 is 2.75 bits per heavy atom. The highest BCUT2D eigenvalue weighted by Crippen LogP contribution is 2.30. The second-order valence-corrected chi connectivity index (χ2v) is 5.06. The van der Waals surface area contributed by atoms with Gasteiger partial charge in [0, 0.05) is 24.9 Å². The molecular formula is C11H16ClFN2S. The molecule has 0 aliphatic carbocycles. The third-order valence-corrected chi connectivity index (χ3v) is 3.62. The van der Waals surface area contributed by atoms with Crippen molar-refractivity contribution in [2.45, 2.75) is 13.0 Å². The molecule has 1 aromatic rings. The van der Waals surface area contributed by atoms with Crippen molar-refractivity contribution in [1.82, 2.24) is 0 Å². The lowest BCUT2D eigenvalue weighted by atomic mass is 10.2. The third-order valence-electron chi connectivity index (χ3n) is 2.52. The van der Waals surface area contributed by atoms with E-state index in [0.717, 1.165) is 11.4 Å². The Morgan fingerprint density at radius 2 is 2.19 bits per heavy atom. The predicted octanol–water partition coefficient (Wildman–Crippen LogP) is 3.25. The second kappa shape index (κ2) is 5.64. The van der Waals surface area contributed by atoms with Crippen LogP contribution in [-0.2, 0) is 0 Å². The summed E-state index contributed by atoms with van der Waals surface area (Å²) in [6.07, 6.45) is 2.05. The zero-order valence-electron chi connectivity index (χ0n) is 9.63. The van der Waals surface area contributed by atoms with Gasteiger partial charge in [0.1, 0.15) is 5.82 Å². The first-order valence-electron chi connectivity index (χ1n) is 4.93. The van der Waals surface area contributed by atoms with Gasteiger partial charge in [0.15, 0.2) is 0 Å². The molecule has 0 bridgehead atoms. The average Bonchev–Trinajstić information content (AvgIpc) is 2.23. The molecular weight excluding hydrogens is 247 g/mol. The summed E-state index contributed by atoms with van der Waals surface area (Å²) in [5, 5.41) is 0.104. The SMILES string of the molecule is CSCC(C)N(C)c1cc(Cl)c(F)cc1N. The van der Waals surface area contributed by atoms with Gasteiger partial charge in [-0.15, -0.1) is 0 Å². The molecule has 16 heavy (non-hydrogen) atoms. The second-order valence-electron chi connectivity index (χ2n) is 3.74. The summed E-state index contributed by atoms with van der Waals surface area (Å²) in [5.41, 5.74) is 6.96. The Balaban J connectivity index is 2.99. The van der Waals surface area contributed by atoms with Crippen LogP contribution in [0, 0.1) is 5.82 Å². The summed E-state index contributed by atoms with van der Waals surface area (Å²) in [4.78, 5) is 2.01. The largest absolute Gasteiger partial charge is 0.397 e. The molecule has 0 radical (unpaired) electrons. The topological polar surface area (TPSA) is 29.3 Å². The van der Waals surface area contributed by atoms with E-state index < -0.39 is 5.82 Å². The Labute approximate surface area is 105 Å². The normalized spacial score (nSPS) is 12.6. The highest BCUT2D eigenvalue weighted by molar-refractivity contribution is 7.98. The van der Waals surface area contributed by atoms with E-state index in [0.29, 0.717) is 11.7 Å². The van der Waals surface area contributed by atoms with Gasteiger partial charge in [-0.3, -0.25) is 0 Å². The predicted molar refractivity (Wildman–Crippen MR) is 72.1 cm³/mol. The van der Waals surface area contributed by atoms with E-state index >= 15 is 0 Å². The van der Waals surface area contributed by atoms with Crippen molar-refractivity contribution in [1.29, 1.82) is 0 Å². The monoisotopic (exact) mass is 262 g/mol. The van der Waals surface area contributed by atoms with E-state index in [1.165, 1.54) is 6.07 Å². The lowest BCUT2D eigenvalue weighted by Crippen LogP contribution is -2.31. The van der Waals surface area contributed by atoms with E-state index in [1.54, 1.807) is 17.8 Å². The number of rotatable bonds is 4. The van der Waals surface area contributed by atoms with Gasteiger partial charge in [0.25, 0.3) is 0 Å². The van der Waals surface area contributed by atoms with Gasteiger partial charge < -0.3 is 10.6 Å². The summed E-state index contributed by atoms with van der Waals surface area (Å²) >= 11 is 7.51. The quantitative estimate of drug-likeness (QED) is 0.845. The number of anilines is 2. The lowest BCUT2D eigenvalue weighted by molar-refractivity contribution is 0.628. The van der Waals surface area contributed by atoms with Crippen LogP contribution in [0.5, 0.6) is 0 Å². The van der Waals surface area contributed by atoms with E-state index in [-0.39, 0.29) is 5.02 Å². The van der Waals surface area contributed by atoms with E-state index in [2.05, 4.69) is 6.92 Å². The fourth-order valence-corrected chi connectivity index (χ4v) is 2.31. The molecule has 1 atom stereocenters. The summed E-state index contributed by atoms with van der Waals surface area (Å²) in [5.74, 6) is 0.499. The molecule has 0 aliphatic heterocycles. The first kappa shape index (κ1) is 13.5. The van der Waals surface area contributed by atoms with Crippen LogP contribution in [0.25, 0.3) is 0 Å². The molecule has 2 nitrogen and oxygen atoms in total. The molecule has 1 rings (SSSR count). The lowest BCUT2D eigenvalue weighted by Gasteiger charge is -2.27. The van der Waals surface area contributed by atoms with Crippen molar-refractivity contribution in [2.75, 3.05) is 29.7 Å². The van der Waals surface area contributed by atoms with Gasteiger partial charge in [-0.25, -0.2) is 4.39 Å². The van der Waals surface area contributed by atoms with Gasteiger partial charge in [0.2, 0.25) is 0 Å². The molecule has 0 fully saturated rings.